The first-order valence-corrected chi connectivity index (χ1v) is 7.65. The Hall–Kier alpha value is -1.07. The fraction of sp³-hybridized carbons (Fsp3) is 0.385. The first kappa shape index (κ1) is 12.9. The topological polar surface area (TPSA) is 39.9 Å². The second kappa shape index (κ2) is 5.51. The van der Waals surface area contributed by atoms with Gasteiger partial charge in [-0.25, -0.2) is 4.68 Å². The van der Waals surface area contributed by atoms with E-state index >= 15 is 0 Å². The quantitative estimate of drug-likeness (QED) is 0.802. The maximum absolute atomic E-state index is 6.14. The Balaban J connectivity index is 1.86. The monoisotopic (exact) mass is 341 g/mol. The molecule has 6 heteroatoms. The molecule has 1 aromatic heterocycles. The molecule has 100 valence electrons. The highest BCUT2D eigenvalue weighted by atomic mass is 79.9. The summed E-state index contributed by atoms with van der Waals surface area (Å²) in [6, 6.07) is 3.92. The first-order chi connectivity index (χ1) is 9.26. The van der Waals surface area contributed by atoms with Crippen LogP contribution in [0, 0.1) is 0 Å². The van der Waals surface area contributed by atoms with Crippen molar-refractivity contribution in [2.45, 2.75) is 19.4 Å². The van der Waals surface area contributed by atoms with Crippen LogP contribution in [0.1, 0.15) is 16.8 Å². The molecule has 0 amide bonds. The number of benzene rings is 1. The zero-order chi connectivity index (χ0) is 13.2. The molecule has 19 heavy (non-hydrogen) atoms. The van der Waals surface area contributed by atoms with Crippen LogP contribution in [0.25, 0.3) is 0 Å². The molecule has 4 nitrogen and oxygen atoms in total. The lowest BCUT2D eigenvalue weighted by Gasteiger charge is -2.08. The summed E-state index contributed by atoms with van der Waals surface area (Å²) in [5.74, 6) is 0.960. The largest absolute Gasteiger partial charge is 0.493 e. The van der Waals surface area contributed by atoms with Crippen LogP contribution >= 0.6 is 27.5 Å². The van der Waals surface area contributed by atoms with E-state index in [2.05, 4.69) is 26.2 Å². The highest BCUT2D eigenvalue weighted by Gasteiger charge is 2.18. The van der Waals surface area contributed by atoms with Gasteiger partial charge in [0.25, 0.3) is 0 Å². The third-order valence-electron chi connectivity index (χ3n) is 3.09. The second-order valence-corrected chi connectivity index (χ2v) is 5.73. The number of aryl methyl sites for hydroxylation is 1. The minimum atomic E-state index is 0.637. The van der Waals surface area contributed by atoms with Gasteiger partial charge in [0.2, 0.25) is 0 Å². The van der Waals surface area contributed by atoms with E-state index in [4.69, 9.17) is 16.3 Å². The van der Waals surface area contributed by atoms with Crippen LogP contribution < -0.4 is 4.74 Å². The predicted octanol–water partition coefficient (Wildman–Crippen LogP) is 2.85. The molecule has 0 N–H and O–H groups in total. The zero-order valence-corrected chi connectivity index (χ0v) is 12.6. The number of nitrogens with zero attached hydrogens (tertiary/aromatic N) is 3. The van der Waals surface area contributed by atoms with E-state index in [1.807, 2.05) is 23.0 Å². The van der Waals surface area contributed by atoms with Gasteiger partial charge in [-0.1, -0.05) is 32.7 Å². The third-order valence-corrected chi connectivity index (χ3v) is 3.71. The third kappa shape index (κ3) is 2.77. The first-order valence-electron chi connectivity index (χ1n) is 6.15. The van der Waals surface area contributed by atoms with Gasteiger partial charge in [0.05, 0.1) is 18.8 Å². The number of ether oxygens (including phenoxy) is 1. The average molecular weight is 343 g/mol. The number of halogens is 2. The van der Waals surface area contributed by atoms with E-state index in [1.165, 1.54) is 5.56 Å². The summed E-state index contributed by atoms with van der Waals surface area (Å²) < 4.78 is 7.51. The van der Waals surface area contributed by atoms with Gasteiger partial charge in [-0.2, -0.15) is 0 Å². The Labute approximate surface area is 124 Å². The summed E-state index contributed by atoms with van der Waals surface area (Å²) >= 11 is 9.54. The fourth-order valence-corrected chi connectivity index (χ4v) is 2.93. The summed E-state index contributed by atoms with van der Waals surface area (Å²) in [6.07, 6.45) is 3.77. The lowest BCUT2D eigenvalue weighted by atomic mass is 10.1. The van der Waals surface area contributed by atoms with Crippen LogP contribution in [0.5, 0.6) is 5.75 Å². The summed E-state index contributed by atoms with van der Waals surface area (Å²) in [7, 11) is 0. The van der Waals surface area contributed by atoms with Gasteiger partial charge in [0.15, 0.2) is 0 Å². The predicted molar refractivity (Wildman–Crippen MR) is 77.3 cm³/mol. The molecule has 0 spiro atoms. The summed E-state index contributed by atoms with van der Waals surface area (Å²) in [4.78, 5) is 0. The molecule has 2 aromatic rings. The maximum atomic E-state index is 6.14. The summed E-state index contributed by atoms with van der Waals surface area (Å²) in [5, 5.41) is 9.90. The van der Waals surface area contributed by atoms with E-state index in [-0.39, 0.29) is 0 Å². The second-order valence-electron chi connectivity index (χ2n) is 4.50. The maximum Gasteiger partial charge on any atom is 0.127 e. The van der Waals surface area contributed by atoms with Crippen LogP contribution in [-0.2, 0) is 19.4 Å². The lowest BCUT2D eigenvalue weighted by Crippen LogP contribution is -2.02. The van der Waals surface area contributed by atoms with Gasteiger partial charge < -0.3 is 4.74 Å². The Morgan fingerprint density at radius 3 is 3.16 bits per heavy atom. The van der Waals surface area contributed by atoms with Crippen molar-refractivity contribution in [3.8, 4) is 5.75 Å². The van der Waals surface area contributed by atoms with E-state index in [0.29, 0.717) is 6.54 Å². The minimum absolute atomic E-state index is 0.637. The van der Waals surface area contributed by atoms with E-state index < -0.39 is 0 Å². The van der Waals surface area contributed by atoms with Crippen LogP contribution in [0.15, 0.2) is 18.3 Å². The fourth-order valence-electron chi connectivity index (χ4n) is 2.27. The van der Waals surface area contributed by atoms with Gasteiger partial charge in [0, 0.05) is 35.0 Å². The van der Waals surface area contributed by atoms with Crippen molar-refractivity contribution in [3.05, 3.63) is 40.2 Å². The van der Waals surface area contributed by atoms with Crippen molar-refractivity contribution < 1.29 is 4.74 Å². The number of fused-ring (bicyclic) bond motifs is 1. The molecule has 0 saturated heterocycles. The minimum Gasteiger partial charge on any atom is -0.493 e. The van der Waals surface area contributed by atoms with Crippen LogP contribution in [0.4, 0.5) is 0 Å². The van der Waals surface area contributed by atoms with Crippen molar-refractivity contribution in [1.29, 1.82) is 0 Å². The van der Waals surface area contributed by atoms with E-state index in [9.17, 15) is 0 Å². The van der Waals surface area contributed by atoms with Gasteiger partial charge >= 0.3 is 0 Å². The van der Waals surface area contributed by atoms with Crippen molar-refractivity contribution in [2.24, 2.45) is 0 Å². The van der Waals surface area contributed by atoms with E-state index in [1.54, 1.807) is 0 Å². The van der Waals surface area contributed by atoms with Gasteiger partial charge in [-0.3, -0.25) is 0 Å². The van der Waals surface area contributed by atoms with E-state index in [0.717, 1.165) is 46.8 Å². The summed E-state index contributed by atoms with van der Waals surface area (Å²) in [5.41, 5.74) is 3.23. The number of hydrogen-bond donors (Lipinski definition) is 0. The van der Waals surface area contributed by atoms with Crippen molar-refractivity contribution in [2.75, 3.05) is 11.9 Å². The van der Waals surface area contributed by atoms with Gasteiger partial charge in [-0.05, 0) is 17.7 Å². The summed E-state index contributed by atoms with van der Waals surface area (Å²) in [6.45, 7) is 1.37. The van der Waals surface area contributed by atoms with Crippen molar-refractivity contribution >= 4 is 27.5 Å². The number of rotatable bonds is 4. The highest BCUT2D eigenvalue weighted by Crippen LogP contribution is 2.33. The van der Waals surface area contributed by atoms with Gasteiger partial charge in [0.1, 0.15) is 5.75 Å². The molecule has 0 aliphatic carbocycles. The molecule has 1 aliphatic rings. The smallest absolute Gasteiger partial charge is 0.127 e. The molecule has 1 aromatic carbocycles. The van der Waals surface area contributed by atoms with Crippen molar-refractivity contribution in [3.63, 3.8) is 0 Å². The van der Waals surface area contributed by atoms with Gasteiger partial charge in [-0.15, -0.1) is 5.10 Å². The molecule has 0 unspecified atom stereocenters. The normalized spacial score (nSPS) is 13.4. The molecule has 0 atom stereocenters. The Kier molecular flexibility index (Phi) is 3.75. The Morgan fingerprint density at radius 2 is 2.32 bits per heavy atom. The SMILES string of the molecule is Clc1cc2c(c(Cn3cc(CCBr)nn3)c1)OCC2. The number of aromatic nitrogens is 3. The molecule has 0 fully saturated rings. The molecule has 0 radical (unpaired) electrons. The molecule has 2 heterocycles. The Bertz CT molecular complexity index is 600. The molecule has 1 aliphatic heterocycles. The standard InChI is InChI=1S/C13H13BrClN3O/c14-3-1-12-8-18(17-16-12)7-10-6-11(15)5-9-2-4-19-13(9)10/h5-6,8H,1-4,7H2. The van der Waals surface area contributed by atoms with Crippen molar-refractivity contribution in [1.82, 2.24) is 15.0 Å². The zero-order valence-electron chi connectivity index (χ0n) is 10.3. The highest BCUT2D eigenvalue weighted by molar-refractivity contribution is 9.09. The number of hydrogen-bond acceptors (Lipinski definition) is 3. The molecule has 3 rings (SSSR count). The van der Waals surface area contributed by atoms with Crippen LogP contribution in [0.3, 0.4) is 0 Å². The molecule has 0 saturated carbocycles. The molecular weight excluding hydrogens is 330 g/mol. The van der Waals surface area contributed by atoms with Crippen LogP contribution in [0.2, 0.25) is 5.02 Å². The Morgan fingerprint density at radius 1 is 1.42 bits per heavy atom. The number of alkyl halides is 1. The lowest BCUT2D eigenvalue weighted by molar-refractivity contribution is 0.352. The molecule has 0 bridgehead atoms. The molecular formula is C13H13BrClN3O. The average Bonchev–Trinajstić information content (AvgIpc) is 2.98. The van der Waals surface area contributed by atoms with Crippen LogP contribution in [-0.4, -0.2) is 26.9 Å².